The van der Waals surface area contributed by atoms with Crippen molar-refractivity contribution < 1.29 is 9.53 Å². The van der Waals surface area contributed by atoms with Gasteiger partial charge in [0.2, 0.25) is 0 Å². The summed E-state index contributed by atoms with van der Waals surface area (Å²) >= 11 is 0. The summed E-state index contributed by atoms with van der Waals surface area (Å²) in [6, 6.07) is 6.78. The van der Waals surface area contributed by atoms with Crippen LogP contribution in [-0.4, -0.2) is 27.4 Å². The molecule has 1 heterocycles. The number of ether oxygens (including phenoxy) is 1. The minimum absolute atomic E-state index is 0.284. The van der Waals surface area contributed by atoms with Gasteiger partial charge < -0.3 is 4.74 Å². The van der Waals surface area contributed by atoms with E-state index in [1.807, 2.05) is 0 Å². The maximum absolute atomic E-state index is 11.0. The largest absolute Gasteiger partial charge is 0.427 e. The third-order valence-corrected chi connectivity index (χ3v) is 2.40. The fraction of sp³-hybridized carbons (Fsp3) is 0.154. The molecule has 0 unspecified atom stereocenters. The number of carbonyl (C=O) groups excluding carboxylic acids is 1. The van der Waals surface area contributed by atoms with E-state index in [-0.39, 0.29) is 11.8 Å². The number of aromatic amines is 1. The Morgan fingerprint density at radius 1 is 1.38 bits per heavy atom. The highest BCUT2D eigenvalue weighted by molar-refractivity contribution is 5.80. The third-order valence-electron chi connectivity index (χ3n) is 2.40. The summed E-state index contributed by atoms with van der Waals surface area (Å²) < 4.78 is 4.92. The van der Waals surface area contributed by atoms with E-state index in [1.165, 1.54) is 6.92 Å². The molecule has 2 rings (SSSR count). The van der Waals surface area contributed by atoms with Gasteiger partial charge in [-0.25, -0.2) is 9.89 Å². The van der Waals surface area contributed by atoms with Crippen molar-refractivity contribution in [3.8, 4) is 5.75 Å². The van der Waals surface area contributed by atoms with Crippen molar-refractivity contribution in [1.29, 1.82) is 0 Å². The molecule has 0 saturated carbocycles. The van der Waals surface area contributed by atoms with E-state index in [9.17, 15) is 9.59 Å². The van der Waals surface area contributed by atoms with Crippen molar-refractivity contribution in [3.05, 3.63) is 46.0 Å². The van der Waals surface area contributed by atoms with Gasteiger partial charge in [0.25, 0.3) is 0 Å². The summed E-state index contributed by atoms with van der Waals surface area (Å²) in [4.78, 5) is 25.5. The van der Waals surface area contributed by atoms with Crippen LogP contribution in [0.1, 0.15) is 18.2 Å². The number of anilines is 1. The zero-order chi connectivity index (χ0) is 15.2. The summed E-state index contributed by atoms with van der Waals surface area (Å²) in [5.74, 6) is 0.372. The molecule has 0 radical (unpaired) electrons. The van der Waals surface area contributed by atoms with E-state index in [2.05, 4.69) is 25.7 Å². The molecular weight excluding hydrogens is 274 g/mol. The predicted molar refractivity (Wildman–Crippen MR) is 76.4 cm³/mol. The molecule has 0 spiro atoms. The molecule has 2 aromatic rings. The average Bonchev–Trinajstić information content (AvgIpc) is 2.44. The molecule has 0 amide bonds. The number of benzene rings is 1. The van der Waals surface area contributed by atoms with Gasteiger partial charge in [0.15, 0.2) is 5.82 Å². The lowest BCUT2D eigenvalue weighted by atomic mass is 10.2. The minimum atomic E-state index is -0.552. The number of hydrogen-bond acceptors (Lipinski definition) is 7. The number of aromatic nitrogens is 3. The second kappa shape index (κ2) is 6.42. The maximum Gasteiger partial charge on any atom is 0.363 e. The molecule has 0 aliphatic rings. The SMILES string of the molecule is CC(=O)Oc1ccc(/C=N/Nc2nc(=O)[nH]nc2C)cc1. The van der Waals surface area contributed by atoms with E-state index in [4.69, 9.17) is 4.74 Å². The molecule has 0 aliphatic heterocycles. The van der Waals surface area contributed by atoms with Gasteiger partial charge in [-0.2, -0.15) is 15.2 Å². The Balaban J connectivity index is 2.02. The van der Waals surface area contributed by atoms with Crippen molar-refractivity contribution in [2.75, 3.05) is 5.43 Å². The molecule has 8 heteroatoms. The van der Waals surface area contributed by atoms with Crippen molar-refractivity contribution in [2.45, 2.75) is 13.8 Å². The quantitative estimate of drug-likeness (QED) is 0.373. The zero-order valence-corrected chi connectivity index (χ0v) is 11.5. The molecule has 108 valence electrons. The second-order valence-corrected chi connectivity index (χ2v) is 4.11. The van der Waals surface area contributed by atoms with Crippen molar-refractivity contribution in [3.63, 3.8) is 0 Å². The molecule has 8 nitrogen and oxygen atoms in total. The monoisotopic (exact) mass is 287 g/mol. The number of nitrogens with one attached hydrogen (secondary N) is 2. The van der Waals surface area contributed by atoms with E-state index in [0.29, 0.717) is 11.4 Å². The summed E-state index contributed by atoms with van der Waals surface area (Å²) in [5, 5.41) is 9.94. The zero-order valence-electron chi connectivity index (χ0n) is 11.5. The number of rotatable bonds is 4. The molecule has 2 N–H and O–H groups in total. The first-order valence-electron chi connectivity index (χ1n) is 6.05. The number of carbonyl (C=O) groups is 1. The lowest BCUT2D eigenvalue weighted by Gasteiger charge is -2.02. The summed E-state index contributed by atoms with van der Waals surface area (Å²) in [5.41, 5.74) is 3.40. The average molecular weight is 287 g/mol. The number of hydrazone groups is 1. The van der Waals surface area contributed by atoms with E-state index in [1.54, 1.807) is 37.4 Å². The first-order valence-corrected chi connectivity index (χ1v) is 6.05. The molecule has 0 aliphatic carbocycles. The Hall–Kier alpha value is -3.03. The van der Waals surface area contributed by atoms with Gasteiger partial charge in [-0.3, -0.25) is 10.2 Å². The van der Waals surface area contributed by atoms with Crippen LogP contribution in [0.5, 0.6) is 5.75 Å². The van der Waals surface area contributed by atoms with Crippen LogP contribution in [0.15, 0.2) is 34.2 Å². The van der Waals surface area contributed by atoms with Crippen molar-refractivity contribution in [2.24, 2.45) is 5.10 Å². The number of hydrogen-bond donors (Lipinski definition) is 2. The van der Waals surface area contributed by atoms with Gasteiger partial charge in [0, 0.05) is 6.92 Å². The molecule has 1 aromatic carbocycles. The van der Waals surface area contributed by atoms with Crippen molar-refractivity contribution >= 4 is 18.0 Å². The number of nitrogens with zero attached hydrogens (tertiary/aromatic N) is 3. The van der Waals surface area contributed by atoms with E-state index in [0.717, 1.165) is 5.56 Å². The van der Waals surface area contributed by atoms with Crippen LogP contribution in [0.25, 0.3) is 0 Å². The Morgan fingerprint density at radius 2 is 2.10 bits per heavy atom. The smallest absolute Gasteiger partial charge is 0.363 e. The van der Waals surface area contributed by atoms with E-state index < -0.39 is 5.69 Å². The van der Waals surface area contributed by atoms with Gasteiger partial charge >= 0.3 is 11.7 Å². The first kappa shape index (κ1) is 14.4. The van der Waals surface area contributed by atoms with Gasteiger partial charge in [0.1, 0.15) is 11.4 Å². The molecule has 0 atom stereocenters. The minimum Gasteiger partial charge on any atom is -0.427 e. The lowest BCUT2D eigenvalue weighted by Crippen LogP contribution is -2.15. The standard InChI is InChI=1S/C13H13N5O3/c1-8-12(15-13(20)18-16-8)17-14-7-10-3-5-11(6-4-10)21-9(2)19/h3-7H,1-2H3,(H2,15,17,18,20)/b14-7+. The highest BCUT2D eigenvalue weighted by Gasteiger charge is 2.00. The Morgan fingerprint density at radius 3 is 2.76 bits per heavy atom. The van der Waals surface area contributed by atoms with Crippen molar-refractivity contribution in [1.82, 2.24) is 15.2 Å². The summed E-state index contributed by atoms with van der Waals surface area (Å²) in [6.07, 6.45) is 1.54. The van der Waals surface area contributed by atoms with Crippen LogP contribution in [0.4, 0.5) is 5.82 Å². The summed E-state index contributed by atoms with van der Waals surface area (Å²) in [6.45, 7) is 3.03. The lowest BCUT2D eigenvalue weighted by molar-refractivity contribution is -0.131. The van der Waals surface area contributed by atoms with Crippen LogP contribution in [-0.2, 0) is 4.79 Å². The number of esters is 1. The van der Waals surface area contributed by atoms with Crippen LogP contribution >= 0.6 is 0 Å². The van der Waals surface area contributed by atoms with Crippen LogP contribution in [0.2, 0.25) is 0 Å². The fourth-order valence-corrected chi connectivity index (χ4v) is 1.45. The van der Waals surface area contributed by atoms with Crippen LogP contribution < -0.4 is 15.9 Å². The predicted octanol–water partition coefficient (Wildman–Crippen LogP) is 0.845. The molecular formula is C13H13N5O3. The molecule has 0 bridgehead atoms. The highest BCUT2D eigenvalue weighted by atomic mass is 16.5. The molecule has 0 fully saturated rings. The Labute approximate surface area is 119 Å². The third kappa shape index (κ3) is 4.23. The van der Waals surface area contributed by atoms with Gasteiger partial charge in [-0.05, 0) is 36.8 Å². The highest BCUT2D eigenvalue weighted by Crippen LogP contribution is 2.11. The number of aryl methyl sites for hydroxylation is 1. The molecule has 1 aromatic heterocycles. The van der Waals surface area contributed by atoms with Gasteiger partial charge in [0.05, 0.1) is 6.21 Å². The normalized spacial score (nSPS) is 10.6. The fourth-order valence-electron chi connectivity index (χ4n) is 1.45. The molecule has 0 saturated heterocycles. The van der Waals surface area contributed by atoms with Gasteiger partial charge in [-0.1, -0.05) is 0 Å². The van der Waals surface area contributed by atoms with E-state index >= 15 is 0 Å². The number of H-pyrrole nitrogens is 1. The molecule has 21 heavy (non-hydrogen) atoms. The van der Waals surface area contributed by atoms with Gasteiger partial charge in [-0.15, -0.1) is 0 Å². The van der Waals surface area contributed by atoms with Crippen LogP contribution in [0, 0.1) is 6.92 Å². The maximum atomic E-state index is 11.0. The second-order valence-electron chi connectivity index (χ2n) is 4.11. The first-order chi connectivity index (χ1) is 10.0. The Bertz CT molecular complexity index is 721. The van der Waals surface area contributed by atoms with Crippen LogP contribution in [0.3, 0.4) is 0 Å². The Kier molecular flexibility index (Phi) is 4.39. The summed E-state index contributed by atoms with van der Waals surface area (Å²) in [7, 11) is 0. The topological polar surface area (TPSA) is 109 Å².